The van der Waals surface area contributed by atoms with Crippen molar-refractivity contribution in [2.75, 3.05) is 26.7 Å². The van der Waals surface area contributed by atoms with Crippen molar-refractivity contribution in [1.29, 1.82) is 0 Å². The van der Waals surface area contributed by atoms with Gasteiger partial charge in [-0.1, -0.05) is 0 Å². The molecule has 2 atom stereocenters. The molecule has 3 heterocycles. The number of sulfonamides is 1. The van der Waals surface area contributed by atoms with Gasteiger partial charge in [-0.15, -0.1) is 0 Å². The molecule has 8 heteroatoms. The minimum atomic E-state index is -3.20. The van der Waals surface area contributed by atoms with Crippen molar-refractivity contribution in [2.45, 2.75) is 18.1 Å². The molecule has 21 heavy (non-hydrogen) atoms. The number of hydrogen-bond donors (Lipinski definition) is 0. The highest BCUT2D eigenvalue weighted by molar-refractivity contribution is 7.90. The fraction of sp³-hybridized carbons (Fsp3) is 0.615. The predicted molar refractivity (Wildman–Crippen MR) is 76.0 cm³/mol. The van der Waals surface area contributed by atoms with Crippen LogP contribution in [-0.2, 0) is 10.0 Å². The highest BCUT2D eigenvalue weighted by Gasteiger charge is 2.45. The van der Waals surface area contributed by atoms with Crippen LogP contribution in [0.2, 0.25) is 0 Å². The van der Waals surface area contributed by atoms with Gasteiger partial charge in [-0.25, -0.2) is 17.7 Å². The van der Waals surface area contributed by atoms with Gasteiger partial charge in [-0.3, -0.25) is 9.78 Å². The standard InChI is InChI=1S/C13H18N4O3S/c1-16-9-10-2-6-17(7-3-12(10)21(16,19)20)13(18)11-8-14-4-5-15-11/h4-5,8,10,12H,2-3,6-7,9H2,1H3/t10-,12-/m1/s1. The van der Waals surface area contributed by atoms with E-state index >= 15 is 0 Å². The van der Waals surface area contributed by atoms with Crippen LogP contribution in [0.25, 0.3) is 0 Å². The molecule has 2 saturated heterocycles. The molecule has 1 aromatic rings. The number of hydrogen-bond acceptors (Lipinski definition) is 5. The van der Waals surface area contributed by atoms with Crippen molar-refractivity contribution < 1.29 is 13.2 Å². The molecule has 0 aromatic carbocycles. The van der Waals surface area contributed by atoms with E-state index in [4.69, 9.17) is 0 Å². The summed E-state index contributed by atoms with van der Waals surface area (Å²) >= 11 is 0. The second-order valence-corrected chi connectivity index (χ2v) is 7.84. The number of rotatable bonds is 1. The van der Waals surface area contributed by atoms with Crippen molar-refractivity contribution in [1.82, 2.24) is 19.2 Å². The summed E-state index contributed by atoms with van der Waals surface area (Å²) in [5.74, 6) is -0.0616. The molecule has 1 aromatic heterocycles. The van der Waals surface area contributed by atoms with E-state index in [-0.39, 0.29) is 17.1 Å². The Labute approximate surface area is 124 Å². The fourth-order valence-corrected chi connectivity index (χ4v) is 5.15. The molecule has 7 nitrogen and oxygen atoms in total. The van der Waals surface area contributed by atoms with Gasteiger partial charge in [0.25, 0.3) is 5.91 Å². The van der Waals surface area contributed by atoms with Crippen LogP contribution in [0.4, 0.5) is 0 Å². The third-order valence-electron chi connectivity index (χ3n) is 4.36. The van der Waals surface area contributed by atoms with E-state index in [1.807, 2.05) is 0 Å². The quantitative estimate of drug-likeness (QED) is 0.727. The van der Waals surface area contributed by atoms with Gasteiger partial charge in [0.15, 0.2) is 0 Å². The Bertz CT molecular complexity index is 634. The van der Waals surface area contributed by atoms with Gasteiger partial charge in [0.1, 0.15) is 5.69 Å². The molecule has 0 saturated carbocycles. The molecule has 0 bridgehead atoms. The molecule has 0 aliphatic carbocycles. The summed E-state index contributed by atoms with van der Waals surface area (Å²) in [6.07, 6.45) is 5.65. The zero-order chi connectivity index (χ0) is 15.0. The number of likely N-dealkylation sites (tertiary alicyclic amines) is 1. The van der Waals surface area contributed by atoms with E-state index in [0.717, 1.165) is 0 Å². The number of aromatic nitrogens is 2. The van der Waals surface area contributed by atoms with E-state index in [0.29, 0.717) is 38.2 Å². The number of carbonyl (C=O) groups is 1. The van der Waals surface area contributed by atoms with Crippen molar-refractivity contribution in [3.05, 3.63) is 24.3 Å². The van der Waals surface area contributed by atoms with E-state index in [9.17, 15) is 13.2 Å². The Hall–Kier alpha value is -1.54. The number of carbonyl (C=O) groups excluding carboxylic acids is 1. The lowest BCUT2D eigenvalue weighted by Gasteiger charge is -2.20. The lowest BCUT2D eigenvalue weighted by atomic mass is 10.0. The molecule has 0 radical (unpaired) electrons. The second kappa shape index (κ2) is 5.34. The average molecular weight is 310 g/mol. The highest BCUT2D eigenvalue weighted by atomic mass is 32.2. The fourth-order valence-electron chi connectivity index (χ4n) is 3.18. The molecule has 0 unspecified atom stereocenters. The number of fused-ring (bicyclic) bond motifs is 1. The third-order valence-corrected chi connectivity index (χ3v) is 6.76. The van der Waals surface area contributed by atoms with Crippen LogP contribution in [-0.4, -0.2) is 65.4 Å². The molecular weight excluding hydrogens is 292 g/mol. The highest BCUT2D eigenvalue weighted by Crippen LogP contribution is 2.33. The van der Waals surface area contributed by atoms with Crippen LogP contribution in [0.5, 0.6) is 0 Å². The molecule has 3 rings (SSSR count). The Morgan fingerprint density at radius 1 is 1.29 bits per heavy atom. The van der Waals surface area contributed by atoms with Crippen LogP contribution >= 0.6 is 0 Å². The molecule has 1 amide bonds. The first-order valence-electron chi connectivity index (χ1n) is 7.00. The summed E-state index contributed by atoms with van der Waals surface area (Å²) in [6, 6.07) is 0. The molecule has 0 N–H and O–H groups in total. The smallest absolute Gasteiger partial charge is 0.274 e. The molecule has 0 spiro atoms. The minimum absolute atomic E-state index is 0.111. The van der Waals surface area contributed by atoms with Crippen LogP contribution in [0.1, 0.15) is 23.3 Å². The van der Waals surface area contributed by atoms with Crippen molar-refractivity contribution in [3.8, 4) is 0 Å². The first kappa shape index (κ1) is 14.4. The zero-order valence-corrected chi connectivity index (χ0v) is 12.7. The summed E-state index contributed by atoms with van der Waals surface area (Å²) in [5.41, 5.74) is 0.310. The minimum Gasteiger partial charge on any atom is -0.337 e. The first-order valence-corrected chi connectivity index (χ1v) is 8.51. The van der Waals surface area contributed by atoms with Gasteiger partial charge in [-0.05, 0) is 18.8 Å². The van der Waals surface area contributed by atoms with Crippen molar-refractivity contribution >= 4 is 15.9 Å². The zero-order valence-electron chi connectivity index (χ0n) is 11.8. The monoisotopic (exact) mass is 310 g/mol. The molecular formula is C13H18N4O3S. The van der Waals surface area contributed by atoms with Gasteiger partial charge >= 0.3 is 0 Å². The molecule has 2 aliphatic rings. The maximum atomic E-state index is 12.4. The van der Waals surface area contributed by atoms with E-state index in [1.54, 1.807) is 11.9 Å². The Balaban J connectivity index is 1.75. The normalized spacial score (nSPS) is 28.9. The predicted octanol–water partition coefficient (Wildman–Crippen LogP) is -0.0274. The SMILES string of the molecule is CN1C[C@H]2CCN(C(=O)c3cnccn3)CC[C@H]2S1(=O)=O. The van der Waals surface area contributed by atoms with Crippen molar-refractivity contribution in [2.24, 2.45) is 5.92 Å². The molecule has 114 valence electrons. The summed E-state index contributed by atoms with van der Waals surface area (Å²) in [7, 11) is -1.56. The summed E-state index contributed by atoms with van der Waals surface area (Å²) < 4.78 is 25.9. The summed E-state index contributed by atoms with van der Waals surface area (Å²) in [6.45, 7) is 1.57. The average Bonchev–Trinajstić information content (AvgIpc) is 2.64. The van der Waals surface area contributed by atoms with Crippen LogP contribution in [0, 0.1) is 5.92 Å². The van der Waals surface area contributed by atoms with Gasteiger partial charge < -0.3 is 4.90 Å². The van der Waals surface area contributed by atoms with Crippen LogP contribution in [0.15, 0.2) is 18.6 Å². The van der Waals surface area contributed by atoms with E-state index < -0.39 is 10.0 Å². The van der Waals surface area contributed by atoms with Gasteiger partial charge in [0.05, 0.1) is 11.4 Å². The van der Waals surface area contributed by atoms with Gasteiger partial charge in [0.2, 0.25) is 10.0 Å². The lowest BCUT2D eigenvalue weighted by molar-refractivity contribution is 0.0753. The van der Waals surface area contributed by atoms with E-state index in [1.165, 1.54) is 22.9 Å². The lowest BCUT2D eigenvalue weighted by Crippen LogP contribution is -2.34. The van der Waals surface area contributed by atoms with E-state index in [2.05, 4.69) is 9.97 Å². The first-order chi connectivity index (χ1) is 10.00. The molecule has 2 aliphatic heterocycles. The van der Waals surface area contributed by atoms with Crippen LogP contribution in [0.3, 0.4) is 0 Å². The Morgan fingerprint density at radius 2 is 2.05 bits per heavy atom. The van der Waals surface area contributed by atoms with Gasteiger partial charge in [-0.2, -0.15) is 0 Å². The second-order valence-electron chi connectivity index (χ2n) is 5.58. The Kier molecular flexibility index (Phi) is 3.66. The van der Waals surface area contributed by atoms with Crippen LogP contribution < -0.4 is 0 Å². The van der Waals surface area contributed by atoms with Crippen molar-refractivity contribution in [3.63, 3.8) is 0 Å². The Morgan fingerprint density at radius 3 is 2.76 bits per heavy atom. The maximum Gasteiger partial charge on any atom is 0.274 e. The van der Waals surface area contributed by atoms with Gasteiger partial charge in [0, 0.05) is 39.1 Å². The number of amides is 1. The summed E-state index contributed by atoms with van der Waals surface area (Å²) in [5, 5.41) is -0.359. The largest absolute Gasteiger partial charge is 0.337 e. The number of nitrogens with zero attached hydrogens (tertiary/aromatic N) is 4. The summed E-state index contributed by atoms with van der Waals surface area (Å²) in [4.78, 5) is 22.0. The maximum absolute atomic E-state index is 12.4. The molecule has 2 fully saturated rings. The topological polar surface area (TPSA) is 83.5 Å². The third kappa shape index (κ3) is 2.53.